The molecule has 1 N–H and O–H groups in total. The molecule has 4 rings (SSSR count). The van der Waals surface area contributed by atoms with Gasteiger partial charge >= 0.3 is 0 Å². The van der Waals surface area contributed by atoms with Gasteiger partial charge in [0.1, 0.15) is 5.75 Å². The second-order valence-corrected chi connectivity index (χ2v) is 8.76. The molecule has 1 amide bonds. The molecule has 0 spiro atoms. The molecule has 11 heteroatoms. The number of nitrogens with one attached hydrogen (secondary N) is 1. The number of amides is 1. The maximum atomic E-state index is 12.6. The van der Waals surface area contributed by atoms with Crippen LogP contribution in [0.2, 0.25) is 15.1 Å². The molecule has 2 aromatic carbocycles. The number of rotatable bonds is 7. The summed E-state index contributed by atoms with van der Waals surface area (Å²) in [5.74, 6) is 0.491. The summed E-state index contributed by atoms with van der Waals surface area (Å²) in [7, 11) is 0. The van der Waals surface area contributed by atoms with Gasteiger partial charge in [0.05, 0.1) is 16.0 Å². The maximum Gasteiger partial charge on any atom is 0.277 e. The normalized spacial score (nSPS) is 10.9. The fourth-order valence-corrected chi connectivity index (χ4v) is 3.88. The SMILES string of the molecule is O=C(Nc1nn(Cc2ccc(Cl)cc2Cl)cc1Br)c1ccn(COc2ccccc2Cl)n1. The van der Waals surface area contributed by atoms with E-state index in [1.807, 2.05) is 18.2 Å². The van der Waals surface area contributed by atoms with Gasteiger partial charge in [0, 0.05) is 22.4 Å². The number of aromatic nitrogens is 4. The molecule has 4 aromatic rings. The first-order valence-corrected chi connectivity index (χ1v) is 11.2. The molecule has 2 aromatic heterocycles. The van der Waals surface area contributed by atoms with Crippen molar-refractivity contribution in [2.75, 3.05) is 5.32 Å². The van der Waals surface area contributed by atoms with E-state index in [1.165, 1.54) is 4.68 Å². The van der Waals surface area contributed by atoms with Crippen LogP contribution in [-0.4, -0.2) is 25.5 Å². The van der Waals surface area contributed by atoms with E-state index in [2.05, 4.69) is 31.4 Å². The Morgan fingerprint density at radius 3 is 2.62 bits per heavy atom. The summed E-state index contributed by atoms with van der Waals surface area (Å²) < 4.78 is 9.40. The highest BCUT2D eigenvalue weighted by Crippen LogP contribution is 2.25. The molecule has 2 heterocycles. The van der Waals surface area contributed by atoms with Crippen molar-refractivity contribution in [2.24, 2.45) is 0 Å². The first-order valence-electron chi connectivity index (χ1n) is 9.28. The highest BCUT2D eigenvalue weighted by molar-refractivity contribution is 9.10. The van der Waals surface area contributed by atoms with E-state index in [4.69, 9.17) is 39.5 Å². The van der Waals surface area contributed by atoms with Crippen LogP contribution in [0, 0.1) is 0 Å². The first-order chi connectivity index (χ1) is 15.4. The number of carbonyl (C=O) groups excluding carboxylic acids is 1. The number of hydrogen-bond acceptors (Lipinski definition) is 4. The quantitative estimate of drug-likeness (QED) is 0.297. The summed E-state index contributed by atoms with van der Waals surface area (Å²) in [6, 6.07) is 14.0. The van der Waals surface area contributed by atoms with E-state index in [0.717, 1.165) is 5.56 Å². The van der Waals surface area contributed by atoms with Gasteiger partial charge in [-0.3, -0.25) is 9.48 Å². The number of carbonyl (C=O) groups is 1. The fourth-order valence-electron chi connectivity index (χ4n) is 2.81. The lowest BCUT2D eigenvalue weighted by Crippen LogP contribution is -2.15. The van der Waals surface area contributed by atoms with Gasteiger partial charge in [-0.1, -0.05) is 53.0 Å². The molecular weight excluding hydrogens is 541 g/mol. The van der Waals surface area contributed by atoms with Crippen LogP contribution < -0.4 is 10.1 Å². The molecule has 0 aliphatic rings. The van der Waals surface area contributed by atoms with Crippen molar-refractivity contribution in [2.45, 2.75) is 13.3 Å². The third kappa shape index (κ3) is 5.45. The molecule has 0 aliphatic carbocycles. The molecule has 0 unspecified atom stereocenters. The second kappa shape index (κ2) is 9.95. The number of nitrogens with zero attached hydrogens (tertiary/aromatic N) is 4. The van der Waals surface area contributed by atoms with Crippen molar-refractivity contribution in [3.63, 3.8) is 0 Å². The van der Waals surface area contributed by atoms with Gasteiger partial charge in [0.15, 0.2) is 18.2 Å². The summed E-state index contributed by atoms with van der Waals surface area (Å²) in [5, 5.41) is 13.0. The molecule has 0 aliphatic heterocycles. The van der Waals surface area contributed by atoms with Gasteiger partial charge in [-0.2, -0.15) is 10.2 Å². The smallest absolute Gasteiger partial charge is 0.277 e. The third-order valence-electron chi connectivity index (χ3n) is 4.36. The average Bonchev–Trinajstić information content (AvgIpc) is 3.36. The van der Waals surface area contributed by atoms with Crippen molar-refractivity contribution in [3.05, 3.63) is 91.7 Å². The third-order valence-corrected chi connectivity index (χ3v) is 5.84. The van der Waals surface area contributed by atoms with E-state index in [-0.39, 0.29) is 12.4 Å². The molecule has 7 nitrogen and oxygen atoms in total. The lowest BCUT2D eigenvalue weighted by Gasteiger charge is -2.07. The van der Waals surface area contributed by atoms with Crippen LogP contribution in [-0.2, 0) is 13.3 Å². The molecule has 0 saturated heterocycles. The minimum Gasteiger partial charge on any atom is -0.470 e. The largest absolute Gasteiger partial charge is 0.470 e. The Balaban J connectivity index is 1.39. The van der Waals surface area contributed by atoms with Gasteiger partial charge in [-0.15, -0.1) is 0 Å². The van der Waals surface area contributed by atoms with Gasteiger partial charge in [0.2, 0.25) is 0 Å². The second-order valence-electron chi connectivity index (χ2n) is 6.66. The zero-order valence-corrected chi connectivity index (χ0v) is 20.2. The lowest BCUT2D eigenvalue weighted by molar-refractivity contribution is 0.101. The number of benzene rings is 2. The summed E-state index contributed by atoms with van der Waals surface area (Å²) >= 11 is 21.7. The minimum absolute atomic E-state index is 0.108. The number of ether oxygens (including phenoxy) is 1. The van der Waals surface area contributed by atoms with E-state index >= 15 is 0 Å². The molecule has 0 saturated carbocycles. The highest BCUT2D eigenvalue weighted by Gasteiger charge is 2.15. The minimum atomic E-state index is -0.406. The van der Waals surface area contributed by atoms with Crippen molar-refractivity contribution >= 4 is 62.5 Å². The molecule has 0 atom stereocenters. The van der Waals surface area contributed by atoms with Crippen molar-refractivity contribution in [1.82, 2.24) is 19.6 Å². The summed E-state index contributed by atoms with van der Waals surface area (Å²) in [4.78, 5) is 12.6. The van der Waals surface area contributed by atoms with Crippen molar-refractivity contribution < 1.29 is 9.53 Å². The molecular formula is C21H15BrCl3N5O2. The van der Waals surface area contributed by atoms with Crippen LogP contribution in [0.5, 0.6) is 5.75 Å². The van der Waals surface area contributed by atoms with Crippen LogP contribution >= 0.6 is 50.7 Å². The number of halogens is 4. The first kappa shape index (κ1) is 22.7. The summed E-state index contributed by atoms with van der Waals surface area (Å²) in [6.07, 6.45) is 3.39. The van der Waals surface area contributed by atoms with E-state index < -0.39 is 5.91 Å². The predicted octanol–water partition coefficient (Wildman–Crippen LogP) is 6.14. The van der Waals surface area contributed by atoms with Crippen LogP contribution in [0.15, 0.2) is 65.4 Å². The zero-order valence-electron chi connectivity index (χ0n) is 16.3. The highest BCUT2D eigenvalue weighted by atomic mass is 79.9. The van der Waals surface area contributed by atoms with Crippen LogP contribution in [0.25, 0.3) is 0 Å². The zero-order chi connectivity index (χ0) is 22.7. The maximum absolute atomic E-state index is 12.6. The van der Waals surface area contributed by atoms with E-state index in [9.17, 15) is 4.79 Å². The Morgan fingerprint density at radius 1 is 1.03 bits per heavy atom. The predicted molar refractivity (Wildman–Crippen MR) is 128 cm³/mol. The van der Waals surface area contributed by atoms with Crippen molar-refractivity contribution in [3.8, 4) is 5.75 Å². The Bertz CT molecular complexity index is 1270. The van der Waals surface area contributed by atoms with E-state index in [0.29, 0.717) is 37.7 Å². The Morgan fingerprint density at radius 2 is 1.84 bits per heavy atom. The van der Waals surface area contributed by atoms with Gasteiger partial charge < -0.3 is 10.1 Å². The van der Waals surface area contributed by atoms with Crippen LogP contribution in [0.4, 0.5) is 5.82 Å². The standard InChI is InChI=1S/C21H15BrCl3N5O2/c22-15-11-30(10-13-5-6-14(23)9-17(13)25)28-20(15)26-21(31)18-7-8-29(27-18)12-32-19-4-2-1-3-16(19)24/h1-9,11H,10,12H2,(H,26,28,31). The van der Waals surface area contributed by atoms with Gasteiger partial charge in [0.25, 0.3) is 5.91 Å². The van der Waals surface area contributed by atoms with E-state index in [1.54, 1.807) is 47.4 Å². The Hall–Kier alpha value is -2.52. The van der Waals surface area contributed by atoms with Crippen LogP contribution in [0.3, 0.4) is 0 Å². The fraction of sp³-hybridized carbons (Fsp3) is 0.0952. The molecule has 0 fully saturated rings. The molecule has 32 heavy (non-hydrogen) atoms. The topological polar surface area (TPSA) is 74.0 Å². The monoisotopic (exact) mass is 553 g/mol. The molecule has 164 valence electrons. The van der Waals surface area contributed by atoms with Crippen LogP contribution in [0.1, 0.15) is 16.1 Å². The summed E-state index contributed by atoms with van der Waals surface area (Å²) in [6.45, 7) is 0.523. The number of hydrogen-bond donors (Lipinski definition) is 1. The number of anilines is 1. The molecule has 0 radical (unpaired) electrons. The molecule has 0 bridgehead atoms. The van der Waals surface area contributed by atoms with Gasteiger partial charge in [-0.05, 0) is 51.8 Å². The average molecular weight is 556 g/mol. The van der Waals surface area contributed by atoms with Crippen molar-refractivity contribution in [1.29, 1.82) is 0 Å². The number of para-hydroxylation sites is 1. The Kier molecular flexibility index (Phi) is 7.05. The Labute approximate surface area is 207 Å². The lowest BCUT2D eigenvalue weighted by atomic mass is 10.2. The van der Waals surface area contributed by atoms with Gasteiger partial charge in [-0.25, -0.2) is 4.68 Å². The summed E-state index contributed by atoms with van der Waals surface area (Å²) in [5.41, 5.74) is 1.07.